The highest BCUT2D eigenvalue weighted by molar-refractivity contribution is 5.88. The van der Waals surface area contributed by atoms with E-state index in [2.05, 4.69) is 5.32 Å². The lowest BCUT2D eigenvalue weighted by Gasteiger charge is -2.35. The van der Waals surface area contributed by atoms with Crippen molar-refractivity contribution in [3.8, 4) is 0 Å². The molecule has 5 atom stereocenters. The van der Waals surface area contributed by atoms with Crippen molar-refractivity contribution in [2.75, 3.05) is 0 Å². The molecule has 1 saturated heterocycles. The normalized spacial score (nSPS) is 26.0. The van der Waals surface area contributed by atoms with Crippen molar-refractivity contribution in [3.05, 3.63) is 0 Å². The van der Waals surface area contributed by atoms with Gasteiger partial charge < -0.3 is 20.8 Å². The lowest BCUT2D eigenvalue weighted by atomic mass is 9.84. The molecule has 2 aliphatic rings. The number of nitrogens with two attached hydrogens (primary N) is 1. The van der Waals surface area contributed by atoms with Crippen LogP contribution in [0.1, 0.15) is 79.6 Å². The minimum atomic E-state index is -1.02. The zero-order chi connectivity index (χ0) is 22.4. The molecule has 1 heterocycles. The Kier molecular flexibility index (Phi) is 9.55. The summed E-state index contributed by atoms with van der Waals surface area (Å²) in [7, 11) is 0. The second-order valence-corrected chi connectivity index (χ2v) is 9.38. The maximum atomic E-state index is 13.1. The molecule has 2 fully saturated rings. The fourth-order valence-electron chi connectivity index (χ4n) is 4.12. The van der Waals surface area contributed by atoms with E-state index in [1.54, 1.807) is 4.90 Å². The molecule has 0 aromatic carbocycles. The van der Waals surface area contributed by atoms with Crippen molar-refractivity contribution in [3.63, 3.8) is 0 Å². The van der Waals surface area contributed by atoms with Gasteiger partial charge in [0, 0.05) is 11.6 Å². The van der Waals surface area contributed by atoms with Gasteiger partial charge in [0.2, 0.25) is 5.91 Å². The molecule has 1 aliphatic carbocycles. The molecule has 0 aromatic heterocycles. The molecule has 0 unspecified atom stereocenters. The number of carbonyl (C=O) groups excluding carboxylic acids is 1. The lowest BCUT2D eigenvalue weighted by molar-refractivity contribution is -0.151. The molecule has 168 valence electrons. The first-order chi connectivity index (χ1) is 13.4. The SMILES string of the molecule is CC(C)(C)N.CCC[C@H](N[C@@H](C)C(=O)O)C(=O)N1[C@H](C(=O)O)C[C@@H]2CCCC[C@@H]21. The average Bonchev–Trinajstić information content (AvgIpc) is 2.99. The van der Waals surface area contributed by atoms with Crippen molar-refractivity contribution >= 4 is 17.8 Å². The smallest absolute Gasteiger partial charge is 0.326 e. The number of amides is 1. The fraction of sp³-hybridized carbons (Fsp3) is 0.857. The lowest BCUT2D eigenvalue weighted by Crippen LogP contribution is -2.56. The van der Waals surface area contributed by atoms with Gasteiger partial charge in [0.25, 0.3) is 0 Å². The second kappa shape index (κ2) is 10.9. The minimum Gasteiger partial charge on any atom is -0.480 e. The molecular formula is C21H39N3O5. The van der Waals surface area contributed by atoms with E-state index in [1.807, 2.05) is 27.7 Å². The number of fused-ring (bicyclic) bond motifs is 1. The monoisotopic (exact) mass is 413 g/mol. The van der Waals surface area contributed by atoms with Crippen LogP contribution in [-0.4, -0.2) is 62.7 Å². The van der Waals surface area contributed by atoms with Gasteiger partial charge in [-0.3, -0.25) is 14.9 Å². The van der Waals surface area contributed by atoms with Gasteiger partial charge in [-0.1, -0.05) is 26.2 Å². The van der Waals surface area contributed by atoms with E-state index in [1.165, 1.54) is 6.92 Å². The van der Waals surface area contributed by atoms with Crippen molar-refractivity contribution < 1.29 is 24.6 Å². The number of aliphatic carboxylic acids is 2. The van der Waals surface area contributed by atoms with Crippen LogP contribution < -0.4 is 11.1 Å². The van der Waals surface area contributed by atoms with Gasteiger partial charge in [-0.05, 0) is 59.3 Å². The van der Waals surface area contributed by atoms with Gasteiger partial charge in [0.15, 0.2) is 0 Å². The standard InChI is InChI=1S/C17H28N2O5.C4H11N/c1-3-6-12(18-10(2)16(21)22)15(20)19-13-8-5-4-7-11(13)9-14(19)17(23)24;1-4(2,3)5/h10-14,18H,3-9H2,1-2H3,(H,21,22)(H,23,24);5H2,1-3H3/t10-,11-,12-,13-,14-;/m0./s1. The molecule has 2 rings (SSSR count). The topological polar surface area (TPSA) is 133 Å². The first kappa shape index (κ1) is 25.4. The van der Waals surface area contributed by atoms with Crippen LogP contribution in [0.2, 0.25) is 0 Å². The van der Waals surface area contributed by atoms with Crippen LogP contribution in [0.4, 0.5) is 0 Å². The minimum absolute atomic E-state index is 0. The zero-order valence-electron chi connectivity index (χ0n) is 18.5. The highest BCUT2D eigenvalue weighted by Crippen LogP contribution is 2.40. The molecule has 0 bridgehead atoms. The largest absolute Gasteiger partial charge is 0.480 e. The van der Waals surface area contributed by atoms with Crippen LogP contribution in [-0.2, 0) is 14.4 Å². The van der Waals surface area contributed by atoms with E-state index in [4.69, 9.17) is 10.8 Å². The van der Waals surface area contributed by atoms with Crippen molar-refractivity contribution in [2.45, 2.75) is 109 Å². The summed E-state index contributed by atoms with van der Waals surface area (Å²) in [6, 6.07) is -2.30. The molecule has 8 nitrogen and oxygen atoms in total. The number of rotatable bonds is 7. The summed E-state index contributed by atoms with van der Waals surface area (Å²) in [5.41, 5.74) is 5.35. The summed E-state index contributed by atoms with van der Waals surface area (Å²) in [5, 5.41) is 21.5. The third-order valence-electron chi connectivity index (χ3n) is 5.32. The van der Waals surface area contributed by atoms with Crippen LogP contribution in [0.3, 0.4) is 0 Å². The third-order valence-corrected chi connectivity index (χ3v) is 5.32. The molecular weight excluding hydrogens is 374 g/mol. The quantitative estimate of drug-likeness (QED) is 0.503. The molecule has 1 amide bonds. The number of carbonyl (C=O) groups is 3. The molecule has 0 spiro atoms. The van der Waals surface area contributed by atoms with Crippen LogP contribution in [0, 0.1) is 5.92 Å². The summed E-state index contributed by atoms with van der Waals surface area (Å²) in [6.45, 7) is 9.32. The van der Waals surface area contributed by atoms with Gasteiger partial charge in [-0.15, -0.1) is 0 Å². The molecule has 8 heteroatoms. The Morgan fingerprint density at radius 2 is 1.72 bits per heavy atom. The van der Waals surface area contributed by atoms with Crippen LogP contribution in [0.5, 0.6) is 0 Å². The van der Waals surface area contributed by atoms with E-state index in [9.17, 15) is 19.5 Å². The van der Waals surface area contributed by atoms with Gasteiger partial charge in [0.1, 0.15) is 12.1 Å². The van der Waals surface area contributed by atoms with E-state index < -0.39 is 30.1 Å². The number of likely N-dealkylation sites (tertiary alicyclic amines) is 1. The van der Waals surface area contributed by atoms with E-state index in [0.717, 1.165) is 32.1 Å². The van der Waals surface area contributed by atoms with E-state index in [-0.39, 0.29) is 23.4 Å². The van der Waals surface area contributed by atoms with Crippen molar-refractivity contribution in [2.24, 2.45) is 11.7 Å². The summed E-state index contributed by atoms with van der Waals surface area (Å²) in [4.78, 5) is 37.4. The number of carboxylic acid groups (broad SMARTS) is 2. The Hall–Kier alpha value is -1.67. The number of nitrogens with zero attached hydrogens (tertiary/aromatic N) is 1. The van der Waals surface area contributed by atoms with Gasteiger partial charge in [0.05, 0.1) is 6.04 Å². The molecule has 5 N–H and O–H groups in total. The number of hydrogen-bond donors (Lipinski definition) is 4. The Labute approximate surface area is 174 Å². The predicted octanol–water partition coefficient (Wildman–Crippen LogP) is 2.21. The number of hydrogen-bond acceptors (Lipinski definition) is 5. The highest BCUT2D eigenvalue weighted by Gasteiger charge is 2.48. The van der Waals surface area contributed by atoms with Crippen molar-refractivity contribution in [1.82, 2.24) is 10.2 Å². The maximum absolute atomic E-state index is 13.1. The zero-order valence-corrected chi connectivity index (χ0v) is 18.5. The fourth-order valence-corrected chi connectivity index (χ4v) is 4.12. The summed E-state index contributed by atoms with van der Waals surface area (Å²) in [6.07, 6.45) is 5.63. The van der Waals surface area contributed by atoms with Crippen molar-refractivity contribution in [1.29, 1.82) is 0 Å². The summed E-state index contributed by atoms with van der Waals surface area (Å²) < 4.78 is 0. The first-order valence-electron chi connectivity index (χ1n) is 10.7. The van der Waals surface area contributed by atoms with Crippen LogP contribution >= 0.6 is 0 Å². The first-order valence-corrected chi connectivity index (χ1v) is 10.7. The van der Waals surface area contributed by atoms with Crippen LogP contribution in [0.25, 0.3) is 0 Å². The Morgan fingerprint density at radius 1 is 1.17 bits per heavy atom. The number of nitrogens with one attached hydrogen (secondary N) is 1. The molecule has 0 aromatic rings. The Bertz CT molecular complexity index is 569. The van der Waals surface area contributed by atoms with Crippen LogP contribution in [0.15, 0.2) is 0 Å². The summed E-state index contributed by atoms with van der Waals surface area (Å²) >= 11 is 0. The van der Waals surface area contributed by atoms with Gasteiger partial charge >= 0.3 is 11.9 Å². The summed E-state index contributed by atoms with van der Waals surface area (Å²) in [5.74, 6) is -1.98. The maximum Gasteiger partial charge on any atom is 0.326 e. The predicted molar refractivity (Wildman–Crippen MR) is 112 cm³/mol. The molecule has 29 heavy (non-hydrogen) atoms. The molecule has 1 aliphatic heterocycles. The molecule has 1 saturated carbocycles. The average molecular weight is 414 g/mol. The Morgan fingerprint density at radius 3 is 2.21 bits per heavy atom. The number of carboxylic acids is 2. The van der Waals surface area contributed by atoms with Gasteiger partial charge in [-0.25, -0.2) is 4.79 Å². The highest BCUT2D eigenvalue weighted by atomic mass is 16.4. The second-order valence-electron chi connectivity index (χ2n) is 9.38. The molecule has 0 radical (unpaired) electrons. The van der Waals surface area contributed by atoms with E-state index in [0.29, 0.717) is 12.8 Å². The Balaban J connectivity index is 0.000000749. The van der Waals surface area contributed by atoms with Gasteiger partial charge in [-0.2, -0.15) is 0 Å². The van der Waals surface area contributed by atoms with E-state index >= 15 is 0 Å². The third kappa shape index (κ3) is 7.93.